The van der Waals surface area contributed by atoms with Crippen molar-refractivity contribution in [3.63, 3.8) is 0 Å². The molecule has 4 rings (SSSR count). The van der Waals surface area contributed by atoms with Crippen LogP contribution in [-0.2, 0) is 11.2 Å². The van der Waals surface area contributed by atoms with E-state index in [0.717, 1.165) is 28.3 Å². The number of rotatable bonds is 6. The van der Waals surface area contributed by atoms with Crippen LogP contribution in [0.4, 0.5) is 10.2 Å². The maximum atomic E-state index is 13.2. The number of ether oxygens (including phenoxy) is 1. The number of halogens is 1. The molecule has 0 spiro atoms. The highest BCUT2D eigenvalue weighted by atomic mass is 32.1. The van der Waals surface area contributed by atoms with Crippen molar-refractivity contribution in [3.05, 3.63) is 77.1 Å². The van der Waals surface area contributed by atoms with Gasteiger partial charge in [0, 0.05) is 17.0 Å². The standard InChI is InChI=1S/C22H19FN4O2S/c1-14-11-20(25-21(28)12-15-3-9-18(29-2)10-4-15)27(26-14)22-24-19(13-30-22)16-5-7-17(23)8-6-16/h3-11,13H,12H2,1-2H3,(H,25,28). The third-order valence-corrected chi connectivity index (χ3v) is 5.25. The second kappa shape index (κ2) is 8.46. The van der Waals surface area contributed by atoms with E-state index in [1.54, 1.807) is 30.0 Å². The molecule has 1 amide bonds. The number of thiazole rings is 1. The maximum absolute atomic E-state index is 13.2. The van der Waals surface area contributed by atoms with Gasteiger partial charge in [-0.1, -0.05) is 12.1 Å². The predicted octanol–water partition coefficient (Wildman–Crippen LogP) is 4.63. The summed E-state index contributed by atoms with van der Waals surface area (Å²) in [7, 11) is 1.60. The molecular weight excluding hydrogens is 403 g/mol. The van der Waals surface area contributed by atoms with Crippen molar-refractivity contribution in [2.24, 2.45) is 0 Å². The van der Waals surface area contributed by atoms with Crippen molar-refractivity contribution in [2.75, 3.05) is 12.4 Å². The van der Waals surface area contributed by atoms with E-state index in [-0.39, 0.29) is 18.1 Å². The number of aromatic nitrogens is 3. The number of nitrogens with zero attached hydrogens (tertiary/aromatic N) is 3. The molecular formula is C22H19FN4O2S. The molecule has 2 heterocycles. The monoisotopic (exact) mass is 422 g/mol. The van der Waals surface area contributed by atoms with E-state index >= 15 is 0 Å². The zero-order valence-corrected chi connectivity index (χ0v) is 17.2. The predicted molar refractivity (Wildman–Crippen MR) is 115 cm³/mol. The van der Waals surface area contributed by atoms with Crippen molar-refractivity contribution in [2.45, 2.75) is 13.3 Å². The lowest BCUT2D eigenvalue weighted by Gasteiger charge is -2.07. The molecule has 6 nitrogen and oxygen atoms in total. The molecule has 4 aromatic rings. The average molecular weight is 422 g/mol. The number of benzene rings is 2. The van der Waals surface area contributed by atoms with Crippen LogP contribution in [0.2, 0.25) is 0 Å². The first-order valence-corrected chi connectivity index (χ1v) is 10.1. The highest BCUT2D eigenvalue weighted by Gasteiger charge is 2.15. The highest BCUT2D eigenvalue weighted by molar-refractivity contribution is 7.12. The topological polar surface area (TPSA) is 69.0 Å². The molecule has 0 aliphatic heterocycles. The summed E-state index contributed by atoms with van der Waals surface area (Å²) in [6.45, 7) is 1.85. The number of hydrogen-bond acceptors (Lipinski definition) is 5. The van der Waals surface area contributed by atoms with Gasteiger partial charge in [-0.05, 0) is 48.9 Å². The molecule has 0 bridgehead atoms. The lowest BCUT2D eigenvalue weighted by atomic mass is 10.1. The lowest BCUT2D eigenvalue weighted by molar-refractivity contribution is -0.115. The zero-order chi connectivity index (χ0) is 21.1. The first kappa shape index (κ1) is 19.8. The number of amides is 1. The molecule has 0 aliphatic carbocycles. The smallest absolute Gasteiger partial charge is 0.229 e. The molecule has 0 atom stereocenters. The second-order valence-electron chi connectivity index (χ2n) is 6.68. The van der Waals surface area contributed by atoms with Crippen molar-refractivity contribution in [1.82, 2.24) is 14.8 Å². The molecule has 0 saturated carbocycles. The van der Waals surface area contributed by atoms with E-state index in [1.807, 2.05) is 36.6 Å². The van der Waals surface area contributed by atoms with Crippen LogP contribution in [0.3, 0.4) is 0 Å². The number of aryl methyl sites for hydroxylation is 1. The Hall–Kier alpha value is -3.52. The molecule has 8 heteroatoms. The van der Waals surface area contributed by atoms with Gasteiger partial charge < -0.3 is 10.1 Å². The lowest BCUT2D eigenvalue weighted by Crippen LogP contribution is -2.17. The van der Waals surface area contributed by atoms with Gasteiger partial charge in [0.25, 0.3) is 0 Å². The van der Waals surface area contributed by atoms with Gasteiger partial charge in [0.1, 0.15) is 17.4 Å². The van der Waals surface area contributed by atoms with Gasteiger partial charge in [-0.3, -0.25) is 4.79 Å². The Kier molecular flexibility index (Phi) is 5.58. The Morgan fingerprint density at radius 3 is 2.60 bits per heavy atom. The number of carbonyl (C=O) groups excluding carboxylic acids is 1. The van der Waals surface area contributed by atoms with E-state index in [2.05, 4.69) is 15.4 Å². The molecule has 2 aromatic heterocycles. The maximum Gasteiger partial charge on any atom is 0.229 e. The first-order valence-electron chi connectivity index (χ1n) is 9.23. The van der Waals surface area contributed by atoms with Crippen molar-refractivity contribution < 1.29 is 13.9 Å². The van der Waals surface area contributed by atoms with Crippen LogP contribution in [0, 0.1) is 12.7 Å². The van der Waals surface area contributed by atoms with E-state index in [9.17, 15) is 9.18 Å². The normalized spacial score (nSPS) is 10.8. The first-order chi connectivity index (χ1) is 14.5. The molecule has 0 unspecified atom stereocenters. The summed E-state index contributed by atoms with van der Waals surface area (Å²) in [5.74, 6) is 0.843. The fourth-order valence-electron chi connectivity index (χ4n) is 2.96. The van der Waals surface area contributed by atoms with Gasteiger partial charge in [0.05, 0.1) is 24.9 Å². The van der Waals surface area contributed by atoms with Crippen molar-refractivity contribution >= 4 is 23.1 Å². The number of hydrogen-bond donors (Lipinski definition) is 1. The number of nitrogens with one attached hydrogen (secondary N) is 1. The minimum Gasteiger partial charge on any atom is -0.497 e. The number of methoxy groups -OCH3 is 1. The Bertz CT molecular complexity index is 1170. The van der Waals surface area contributed by atoms with E-state index in [0.29, 0.717) is 10.9 Å². The van der Waals surface area contributed by atoms with Crippen LogP contribution in [0.25, 0.3) is 16.4 Å². The average Bonchev–Trinajstić information content (AvgIpc) is 3.36. The van der Waals surface area contributed by atoms with Gasteiger partial charge in [-0.25, -0.2) is 9.37 Å². The fraction of sp³-hybridized carbons (Fsp3) is 0.136. The van der Waals surface area contributed by atoms with Gasteiger partial charge >= 0.3 is 0 Å². The highest BCUT2D eigenvalue weighted by Crippen LogP contribution is 2.26. The summed E-state index contributed by atoms with van der Waals surface area (Å²) in [5.41, 5.74) is 3.17. The summed E-state index contributed by atoms with van der Waals surface area (Å²) in [4.78, 5) is 17.1. The van der Waals surface area contributed by atoms with E-state index in [1.165, 1.54) is 23.5 Å². The number of carbonyl (C=O) groups is 1. The van der Waals surface area contributed by atoms with E-state index < -0.39 is 0 Å². The SMILES string of the molecule is COc1ccc(CC(=O)Nc2cc(C)nn2-c2nc(-c3ccc(F)cc3)cs2)cc1. The molecule has 30 heavy (non-hydrogen) atoms. The minimum atomic E-state index is -0.293. The molecule has 0 aliphatic rings. The van der Waals surface area contributed by atoms with Gasteiger partial charge in [-0.2, -0.15) is 9.78 Å². The largest absolute Gasteiger partial charge is 0.497 e. The summed E-state index contributed by atoms with van der Waals surface area (Å²) < 4.78 is 19.9. The van der Waals surface area contributed by atoms with Crippen molar-refractivity contribution in [3.8, 4) is 22.1 Å². The summed E-state index contributed by atoms with van der Waals surface area (Å²) >= 11 is 1.39. The van der Waals surface area contributed by atoms with Crippen LogP contribution < -0.4 is 10.1 Å². The third kappa shape index (κ3) is 4.38. The Morgan fingerprint density at radius 1 is 1.17 bits per heavy atom. The Balaban J connectivity index is 1.52. The zero-order valence-electron chi connectivity index (χ0n) is 16.4. The van der Waals surface area contributed by atoms with Gasteiger partial charge in [-0.15, -0.1) is 11.3 Å². The van der Waals surface area contributed by atoms with Crippen LogP contribution in [-0.4, -0.2) is 27.8 Å². The quantitative estimate of drug-likeness (QED) is 0.492. The van der Waals surface area contributed by atoms with Crippen LogP contribution in [0.1, 0.15) is 11.3 Å². The van der Waals surface area contributed by atoms with Crippen molar-refractivity contribution in [1.29, 1.82) is 0 Å². The Labute approximate surface area is 177 Å². The molecule has 2 aromatic carbocycles. The Morgan fingerprint density at radius 2 is 1.90 bits per heavy atom. The molecule has 152 valence electrons. The molecule has 0 saturated heterocycles. The van der Waals surface area contributed by atoms with Gasteiger partial charge in [0.2, 0.25) is 11.0 Å². The number of anilines is 1. The summed E-state index contributed by atoms with van der Waals surface area (Å²) in [6.07, 6.45) is 0.229. The third-order valence-electron chi connectivity index (χ3n) is 4.44. The van der Waals surface area contributed by atoms with Crippen LogP contribution in [0.5, 0.6) is 5.75 Å². The minimum absolute atomic E-state index is 0.156. The molecule has 1 N–H and O–H groups in total. The van der Waals surface area contributed by atoms with E-state index in [4.69, 9.17) is 4.74 Å². The summed E-state index contributed by atoms with van der Waals surface area (Å²) in [5, 5.41) is 9.86. The fourth-order valence-corrected chi connectivity index (χ4v) is 3.76. The van der Waals surface area contributed by atoms with Gasteiger partial charge in [0.15, 0.2) is 0 Å². The second-order valence-corrected chi connectivity index (χ2v) is 7.51. The van der Waals surface area contributed by atoms with Crippen LogP contribution in [0.15, 0.2) is 60.0 Å². The summed E-state index contributed by atoms with van der Waals surface area (Å²) in [6, 6.07) is 15.3. The molecule has 0 fully saturated rings. The van der Waals surface area contributed by atoms with Crippen LogP contribution >= 0.6 is 11.3 Å². The molecule has 0 radical (unpaired) electrons.